The molecule has 0 aliphatic carbocycles. The normalized spacial score (nSPS) is 13.6. The summed E-state index contributed by atoms with van der Waals surface area (Å²) in [5, 5.41) is 3.59. The lowest BCUT2D eigenvalue weighted by atomic mass is 10.0. The van der Waals surface area contributed by atoms with Crippen LogP contribution in [0.5, 0.6) is 23.0 Å². The number of methoxy groups -OCH3 is 2. The first-order valence-electron chi connectivity index (χ1n) is 10.1. The first kappa shape index (κ1) is 20.1. The lowest BCUT2D eigenvalue weighted by molar-refractivity contribution is 0.171. The van der Waals surface area contributed by atoms with Gasteiger partial charge in [0, 0.05) is 18.2 Å². The van der Waals surface area contributed by atoms with Crippen molar-refractivity contribution < 1.29 is 18.9 Å². The van der Waals surface area contributed by atoms with Crippen LogP contribution in [0.15, 0.2) is 60.7 Å². The lowest BCUT2D eigenvalue weighted by Gasteiger charge is -2.20. The van der Waals surface area contributed by atoms with Gasteiger partial charge in [0.05, 0.1) is 14.2 Å². The highest BCUT2D eigenvalue weighted by atomic mass is 16.6. The van der Waals surface area contributed by atoms with Crippen molar-refractivity contribution in [1.29, 1.82) is 0 Å². The van der Waals surface area contributed by atoms with E-state index >= 15 is 0 Å². The predicted octanol–water partition coefficient (Wildman–Crippen LogP) is 4.99. The van der Waals surface area contributed by atoms with Crippen molar-refractivity contribution in [3.05, 3.63) is 71.8 Å². The highest BCUT2D eigenvalue weighted by molar-refractivity contribution is 5.73. The summed E-state index contributed by atoms with van der Waals surface area (Å²) in [4.78, 5) is 0. The number of benzene rings is 3. The zero-order chi connectivity index (χ0) is 20.9. The molecule has 1 atom stereocenters. The molecule has 0 radical (unpaired) electrons. The molecule has 0 unspecified atom stereocenters. The minimum atomic E-state index is 0.194. The summed E-state index contributed by atoms with van der Waals surface area (Å²) >= 11 is 0. The molecule has 4 rings (SSSR count). The quantitative estimate of drug-likeness (QED) is 0.600. The van der Waals surface area contributed by atoms with Gasteiger partial charge >= 0.3 is 0 Å². The summed E-state index contributed by atoms with van der Waals surface area (Å²) in [6.07, 6.45) is 0. The Kier molecular flexibility index (Phi) is 6.10. The molecule has 0 saturated carbocycles. The van der Waals surface area contributed by atoms with Crippen LogP contribution in [-0.2, 0) is 6.54 Å². The second-order valence-electron chi connectivity index (χ2n) is 7.27. The van der Waals surface area contributed by atoms with Crippen molar-refractivity contribution in [2.75, 3.05) is 27.4 Å². The molecule has 0 fully saturated rings. The molecule has 5 heteroatoms. The van der Waals surface area contributed by atoms with E-state index < -0.39 is 0 Å². The summed E-state index contributed by atoms with van der Waals surface area (Å²) < 4.78 is 22.3. The minimum Gasteiger partial charge on any atom is -0.497 e. The first-order chi connectivity index (χ1) is 14.7. The highest BCUT2D eigenvalue weighted by Gasteiger charge is 2.15. The molecule has 0 saturated heterocycles. The topological polar surface area (TPSA) is 49.0 Å². The summed E-state index contributed by atoms with van der Waals surface area (Å²) in [5.41, 5.74) is 4.44. The Balaban J connectivity index is 1.54. The average molecular weight is 405 g/mol. The molecule has 1 aliphatic heterocycles. The van der Waals surface area contributed by atoms with Crippen LogP contribution >= 0.6 is 0 Å². The summed E-state index contributed by atoms with van der Waals surface area (Å²) in [6.45, 7) is 4.04. The maximum atomic E-state index is 5.75. The van der Waals surface area contributed by atoms with Crippen molar-refractivity contribution in [2.24, 2.45) is 0 Å². The average Bonchev–Trinajstić information content (AvgIpc) is 2.82. The van der Waals surface area contributed by atoms with E-state index in [0.717, 1.165) is 40.7 Å². The van der Waals surface area contributed by atoms with Crippen molar-refractivity contribution in [2.45, 2.75) is 19.5 Å². The maximum absolute atomic E-state index is 5.75. The van der Waals surface area contributed by atoms with Crippen LogP contribution in [0.1, 0.15) is 24.1 Å². The zero-order valence-corrected chi connectivity index (χ0v) is 17.6. The van der Waals surface area contributed by atoms with Gasteiger partial charge in [0.25, 0.3) is 0 Å². The second-order valence-corrected chi connectivity index (χ2v) is 7.27. The number of fused-ring (bicyclic) bond motifs is 1. The fraction of sp³-hybridized carbons (Fsp3) is 0.280. The Labute approximate surface area is 177 Å². The van der Waals surface area contributed by atoms with E-state index in [0.29, 0.717) is 13.2 Å². The van der Waals surface area contributed by atoms with Crippen LogP contribution in [0.25, 0.3) is 11.1 Å². The van der Waals surface area contributed by atoms with Gasteiger partial charge < -0.3 is 24.3 Å². The van der Waals surface area contributed by atoms with Gasteiger partial charge in [-0.05, 0) is 60.0 Å². The van der Waals surface area contributed by atoms with Gasteiger partial charge in [-0.2, -0.15) is 0 Å². The van der Waals surface area contributed by atoms with E-state index in [1.807, 2.05) is 36.4 Å². The number of rotatable bonds is 7. The monoisotopic (exact) mass is 405 g/mol. The SMILES string of the molecule is COc1cccc([C@@H](C)NCc2ccc(OC)c(-c3ccc4c(c3)OCCO4)c2)c1. The molecule has 30 heavy (non-hydrogen) atoms. The highest BCUT2D eigenvalue weighted by Crippen LogP contribution is 2.38. The van der Waals surface area contributed by atoms with Gasteiger partial charge in [-0.1, -0.05) is 24.3 Å². The fourth-order valence-electron chi connectivity index (χ4n) is 3.60. The lowest BCUT2D eigenvalue weighted by Crippen LogP contribution is -2.18. The molecule has 1 aliphatic rings. The molecule has 0 bridgehead atoms. The summed E-state index contributed by atoms with van der Waals surface area (Å²) in [5.74, 6) is 3.26. The largest absolute Gasteiger partial charge is 0.497 e. The van der Waals surface area contributed by atoms with E-state index in [9.17, 15) is 0 Å². The second kappa shape index (κ2) is 9.09. The van der Waals surface area contributed by atoms with Crippen LogP contribution in [0.4, 0.5) is 0 Å². The Morgan fingerprint density at radius 3 is 2.53 bits per heavy atom. The fourth-order valence-corrected chi connectivity index (χ4v) is 3.60. The number of ether oxygens (including phenoxy) is 4. The molecule has 3 aromatic carbocycles. The molecule has 1 N–H and O–H groups in total. The Morgan fingerprint density at radius 2 is 1.73 bits per heavy atom. The molecule has 1 heterocycles. The van der Waals surface area contributed by atoms with Crippen molar-refractivity contribution in [3.63, 3.8) is 0 Å². The predicted molar refractivity (Wildman–Crippen MR) is 118 cm³/mol. The van der Waals surface area contributed by atoms with Gasteiger partial charge in [0.15, 0.2) is 11.5 Å². The van der Waals surface area contributed by atoms with Crippen LogP contribution in [0, 0.1) is 0 Å². The zero-order valence-electron chi connectivity index (χ0n) is 17.6. The van der Waals surface area contributed by atoms with Gasteiger partial charge in [-0.25, -0.2) is 0 Å². The summed E-state index contributed by atoms with van der Waals surface area (Å²) in [6, 6.07) is 20.6. The molecule has 0 amide bonds. The number of hydrogen-bond donors (Lipinski definition) is 1. The van der Waals surface area contributed by atoms with E-state index in [-0.39, 0.29) is 6.04 Å². The van der Waals surface area contributed by atoms with Gasteiger partial charge in [-0.3, -0.25) is 0 Å². The third-order valence-electron chi connectivity index (χ3n) is 5.32. The molecular formula is C25H27NO4. The smallest absolute Gasteiger partial charge is 0.161 e. The van der Waals surface area contributed by atoms with Crippen molar-refractivity contribution >= 4 is 0 Å². The summed E-state index contributed by atoms with van der Waals surface area (Å²) in [7, 11) is 3.38. The van der Waals surface area contributed by atoms with E-state index in [1.165, 1.54) is 11.1 Å². The molecular weight excluding hydrogens is 378 g/mol. The number of nitrogens with one attached hydrogen (secondary N) is 1. The van der Waals surface area contributed by atoms with Gasteiger partial charge in [0.1, 0.15) is 24.7 Å². The Hall–Kier alpha value is -3.18. The first-order valence-corrected chi connectivity index (χ1v) is 10.1. The van der Waals surface area contributed by atoms with Crippen LogP contribution in [0.2, 0.25) is 0 Å². The van der Waals surface area contributed by atoms with Crippen molar-refractivity contribution in [1.82, 2.24) is 5.32 Å². The third-order valence-corrected chi connectivity index (χ3v) is 5.32. The molecule has 5 nitrogen and oxygen atoms in total. The third kappa shape index (κ3) is 4.36. The standard InChI is InChI=1S/C25H27NO4/c1-17(19-5-4-6-21(14-19)27-2)26-16-18-7-9-23(28-3)22(13-18)20-8-10-24-25(15-20)30-12-11-29-24/h4-10,13-15,17,26H,11-12,16H2,1-3H3/t17-/m1/s1. The van der Waals surface area contributed by atoms with Gasteiger partial charge in [-0.15, -0.1) is 0 Å². The van der Waals surface area contributed by atoms with E-state index in [1.54, 1.807) is 14.2 Å². The van der Waals surface area contributed by atoms with Crippen LogP contribution in [0.3, 0.4) is 0 Å². The Morgan fingerprint density at radius 1 is 0.900 bits per heavy atom. The van der Waals surface area contributed by atoms with Crippen molar-refractivity contribution in [3.8, 4) is 34.1 Å². The maximum Gasteiger partial charge on any atom is 0.161 e. The van der Waals surface area contributed by atoms with Crippen LogP contribution < -0.4 is 24.3 Å². The number of hydrogen-bond acceptors (Lipinski definition) is 5. The van der Waals surface area contributed by atoms with Gasteiger partial charge in [0.2, 0.25) is 0 Å². The molecule has 0 spiro atoms. The van der Waals surface area contributed by atoms with E-state index in [4.69, 9.17) is 18.9 Å². The van der Waals surface area contributed by atoms with E-state index in [2.05, 4.69) is 36.5 Å². The minimum absolute atomic E-state index is 0.194. The molecule has 0 aromatic heterocycles. The molecule has 3 aromatic rings. The molecule has 156 valence electrons. The Bertz CT molecular complexity index is 1020. The van der Waals surface area contributed by atoms with Crippen LogP contribution in [-0.4, -0.2) is 27.4 Å².